The number of hydrogen-bond acceptors (Lipinski definition) is 5. The molecule has 1 aromatic rings. The zero-order chi connectivity index (χ0) is 15.4. The third-order valence-corrected chi connectivity index (χ3v) is 5.89. The summed E-state index contributed by atoms with van der Waals surface area (Å²) in [5.74, 6) is -0.817. The number of sulfonamides is 1. The third-order valence-electron chi connectivity index (χ3n) is 4.13. The van der Waals surface area contributed by atoms with Crippen LogP contribution in [-0.4, -0.2) is 43.6 Å². The van der Waals surface area contributed by atoms with Crippen LogP contribution in [-0.2, 0) is 10.0 Å². The Morgan fingerprint density at radius 2 is 2.05 bits per heavy atom. The molecule has 21 heavy (non-hydrogen) atoms. The molecule has 1 aliphatic carbocycles. The molecule has 0 amide bonds. The number of nitrogens with two attached hydrogens (primary N) is 1. The van der Waals surface area contributed by atoms with E-state index >= 15 is 0 Å². The molecule has 1 aliphatic heterocycles. The molecule has 116 valence electrons. The predicted molar refractivity (Wildman–Crippen MR) is 73.8 cm³/mol. The zero-order valence-electron chi connectivity index (χ0n) is 11.5. The summed E-state index contributed by atoms with van der Waals surface area (Å²) in [6, 6.07) is 2.06. The molecule has 3 rings (SSSR count). The van der Waals surface area contributed by atoms with Crippen LogP contribution in [0, 0.1) is 11.7 Å². The molecule has 2 fully saturated rings. The van der Waals surface area contributed by atoms with E-state index in [1.165, 1.54) is 13.2 Å². The fraction of sp³-hybridized carbons (Fsp3) is 0.538. The minimum Gasteiger partial charge on any atom is -0.492 e. The highest BCUT2D eigenvalue weighted by molar-refractivity contribution is 7.89. The number of hydrogen-bond donors (Lipinski definition) is 2. The summed E-state index contributed by atoms with van der Waals surface area (Å²) in [6.07, 6.45) is 1.85. The second-order valence-electron chi connectivity index (χ2n) is 5.68. The van der Waals surface area contributed by atoms with Gasteiger partial charge in [-0.1, -0.05) is 0 Å². The lowest BCUT2D eigenvalue weighted by Gasteiger charge is -2.45. The quantitative estimate of drug-likeness (QED) is 0.792. The summed E-state index contributed by atoms with van der Waals surface area (Å²) >= 11 is 0. The Labute approximate surface area is 122 Å². The molecule has 8 heteroatoms. The number of nitrogens with zero attached hydrogens (tertiary/aromatic N) is 1. The van der Waals surface area contributed by atoms with Crippen LogP contribution in [0.15, 0.2) is 17.0 Å². The van der Waals surface area contributed by atoms with Crippen LogP contribution in [0.25, 0.3) is 0 Å². The number of nitrogen functional groups attached to an aromatic ring is 1. The highest BCUT2D eigenvalue weighted by Crippen LogP contribution is 2.46. The van der Waals surface area contributed by atoms with Gasteiger partial charge < -0.3 is 15.6 Å². The fourth-order valence-electron chi connectivity index (χ4n) is 2.72. The summed E-state index contributed by atoms with van der Waals surface area (Å²) in [6.45, 7) is 0.0983. The average Bonchev–Trinajstić information content (AvgIpc) is 3.18. The SMILES string of the molecule is COc1c(N)cc(S(=O)(=O)N2CC(O)(C3CC3)C2)cc1F. The third kappa shape index (κ3) is 2.27. The molecule has 1 saturated carbocycles. The van der Waals surface area contributed by atoms with E-state index in [0.717, 1.165) is 23.2 Å². The number of ether oxygens (including phenoxy) is 1. The minimum atomic E-state index is -3.85. The molecule has 0 spiro atoms. The van der Waals surface area contributed by atoms with E-state index in [-0.39, 0.29) is 35.3 Å². The summed E-state index contributed by atoms with van der Waals surface area (Å²) in [7, 11) is -2.59. The van der Waals surface area contributed by atoms with E-state index in [1.807, 2.05) is 0 Å². The molecule has 2 aliphatic rings. The monoisotopic (exact) mass is 316 g/mol. The van der Waals surface area contributed by atoms with Gasteiger partial charge in [-0.15, -0.1) is 0 Å². The van der Waals surface area contributed by atoms with Crippen LogP contribution < -0.4 is 10.5 Å². The molecule has 0 aromatic heterocycles. The Morgan fingerprint density at radius 1 is 1.43 bits per heavy atom. The molecule has 1 heterocycles. The Hall–Kier alpha value is -1.38. The lowest BCUT2D eigenvalue weighted by Crippen LogP contribution is -2.64. The van der Waals surface area contributed by atoms with Gasteiger partial charge in [0.1, 0.15) is 0 Å². The van der Waals surface area contributed by atoms with Crippen molar-refractivity contribution in [3.8, 4) is 5.75 Å². The number of halogens is 1. The van der Waals surface area contributed by atoms with Gasteiger partial charge in [0.05, 0.1) is 23.3 Å². The van der Waals surface area contributed by atoms with Gasteiger partial charge in [-0.25, -0.2) is 12.8 Å². The van der Waals surface area contributed by atoms with Crippen molar-refractivity contribution in [2.75, 3.05) is 25.9 Å². The lowest BCUT2D eigenvalue weighted by molar-refractivity contribution is -0.0764. The molecule has 0 atom stereocenters. The van der Waals surface area contributed by atoms with E-state index in [4.69, 9.17) is 10.5 Å². The highest BCUT2D eigenvalue weighted by atomic mass is 32.2. The number of benzene rings is 1. The van der Waals surface area contributed by atoms with Crippen molar-refractivity contribution in [3.63, 3.8) is 0 Å². The first-order valence-corrected chi connectivity index (χ1v) is 8.07. The first-order valence-electron chi connectivity index (χ1n) is 6.63. The fourth-order valence-corrected chi connectivity index (χ4v) is 4.33. The summed E-state index contributed by atoms with van der Waals surface area (Å²) in [4.78, 5) is -0.226. The Bertz CT molecular complexity index is 658. The number of anilines is 1. The van der Waals surface area contributed by atoms with E-state index in [9.17, 15) is 17.9 Å². The molecular weight excluding hydrogens is 299 g/mol. The largest absolute Gasteiger partial charge is 0.492 e. The lowest BCUT2D eigenvalue weighted by atomic mass is 9.91. The molecule has 0 unspecified atom stereocenters. The average molecular weight is 316 g/mol. The van der Waals surface area contributed by atoms with Gasteiger partial charge in [0.2, 0.25) is 10.0 Å². The topological polar surface area (TPSA) is 92.9 Å². The highest BCUT2D eigenvalue weighted by Gasteiger charge is 2.55. The van der Waals surface area contributed by atoms with E-state index in [1.54, 1.807) is 0 Å². The molecule has 0 radical (unpaired) electrons. The Kier molecular flexibility index (Phi) is 3.16. The van der Waals surface area contributed by atoms with Crippen LogP contribution in [0.2, 0.25) is 0 Å². The van der Waals surface area contributed by atoms with Crippen LogP contribution in [0.4, 0.5) is 10.1 Å². The van der Waals surface area contributed by atoms with Gasteiger partial charge in [-0.3, -0.25) is 0 Å². The molecule has 1 aromatic carbocycles. The van der Waals surface area contributed by atoms with Crippen LogP contribution in [0.3, 0.4) is 0 Å². The summed E-state index contributed by atoms with van der Waals surface area (Å²) < 4.78 is 44.5. The van der Waals surface area contributed by atoms with E-state index < -0.39 is 21.4 Å². The maximum Gasteiger partial charge on any atom is 0.243 e. The van der Waals surface area contributed by atoms with E-state index in [0.29, 0.717) is 0 Å². The predicted octanol–water partition coefficient (Wildman–Crippen LogP) is 0.562. The standard InChI is InChI=1S/C13H17FN2O4S/c1-20-12-10(14)4-9(5-11(12)15)21(18,19)16-6-13(17,7-16)8-2-3-8/h4-5,8,17H,2-3,6-7,15H2,1H3. The molecule has 0 bridgehead atoms. The first-order chi connectivity index (χ1) is 9.78. The van der Waals surface area contributed by atoms with Gasteiger partial charge in [0.15, 0.2) is 11.6 Å². The van der Waals surface area contributed by atoms with Crippen molar-refractivity contribution in [3.05, 3.63) is 17.9 Å². The summed E-state index contributed by atoms with van der Waals surface area (Å²) in [5, 5.41) is 10.2. The molecule has 6 nitrogen and oxygen atoms in total. The molecule has 3 N–H and O–H groups in total. The molecular formula is C13H17FN2O4S. The van der Waals surface area contributed by atoms with Crippen LogP contribution in [0.5, 0.6) is 5.75 Å². The van der Waals surface area contributed by atoms with Crippen molar-refractivity contribution in [1.29, 1.82) is 0 Å². The van der Waals surface area contributed by atoms with Crippen molar-refractivity contribution < 1.29 is 22.7 Å². The first kappa shape index (κ1) is 14.6. The van der Waals surface area contributed by atoms with Crippen LogP contribution in [0.1, 0.15) is 12.8 Å². The van der Waals surface area contributed by atoms with E-state index in [2.05, 4.69) is 0 Å². The van der Waals surface area contributed by atoms with Gasteiger partial charge >= 0.3 is 0 Å². The number of aliphatic hydroxyl groups is 1. The second-order valence-corrected chi connectivity index (χ2v) is 7.62. The van der Waals surface area contributed by atoms with Crippen molar-refractivity contribution in [2.45, 2.75) is 23.3 Å². The van der Waals surface area contributed by atoms with Crippen molar-refractivity contribution >= 4 is 15.7 Å². The maximum atomic E-state index is 13.8. The van der Waals surface area contributed by atoms with Crippen LogP contribution >= 0.6 is 0 Å². The number of β-amino-alcohol motifs (C(OH)–C–C–N with tert-alkyl or cyclic N) is 1. The van der Waals surface area contributed by atoms with Gasteiger partial charge in [-0.05, 0) is 30.9 Å². The van der Waals surface area contributed by atoms with Gasteiger partial charge in [0, 0.05) is 13.1 Å². The Balaban J connectivity index is 1.86. The maximum absolute atomic E-state index is 13.8. The van der Waals surface area contributed by atoms with Gasteiger partial charge in [0.25, 0.3) is 0 Å². The Morgan fingerprint density at radius 3 is 2.52 bits per heavy atom. The zero-order valence-corrected chi connectivity index (χ0v) is 12.4. The number of rotatable bonds is 4. The number of methoxy groups -OCH3 is 1. The molecule has 1 saturated heterocycles. The minimum absolute atomic E-state index is 0.0492. The van der Waals surface area contributed by atoms with Crippen molar-refractivity contribution in [2.24, 2.45) is 5.92 Å². The smallest absolute Gasteiger partial charge is 0.243 e. The van der Waals surface area contributed by atoms with Gasteiger partial charge in [-0.2, -0.15) is 4.31 Å². The van der Waals surface area contributed by atoms with Crippen molar-refractivity contribution in [1.82, 2.24) is 4.31 Å². The normalized spacial score (nSPS) is 21.9. The summed E-state index contributed by atoms with van der Waals surface area (Å²) in [5.41, 5.74) is 4.60. The second kappa shape index (κ2) is 4.56.